The summed E-state index contributed by atoms with van der Waals surface area (Å²) in [5.41, 5.74) is 5.13. The van der Waals surface area contributed by atoms with Crippen molar-refractivity contribution in [2.45, 2.75) is 51.7 Å². The lowest BCUT2D eigenvalue weighted by Gasteiger charge is -2.29. The Balaban J connectivity index is 1.78. The standard InChI is InChI=1S/C26H31N5O2S/c1-6-7-15-34-26-29-25-27-18(4)22(24(32)28-20-13-10-11-16(2)17(20)3)23(31(25)30-26)19-12-8-9-14-21(19)33-5/h8-14,23H,6-7,15H2,1-5H3,(H,28,32)(H,27,29,30). The molecule has 0 saturated carbocycles. The van der Waals surface area contributed by atoms with E-state index in [0.29, 0.717) is 22.4 Å². The van der Waals surface area contributed by atoms with E-state index in [4.69, 9.17) is 14.8 Å². The number of nitrogens with one attached hydrogen (secondary N) is 2. The van der Waals surface area contributed by atoms with Crippen LogP contribution in [0.2, 0.25) is 0 Å². The van der Waals surface area contributed by atoms with Crippen molar-refractivity contribution in [1.82, 2.24) is 14.8 Å². The fourth-order valence-corrected chi connectivity index (χ4v) is 4.96. The molecule has 0 bridgehead atoms. The number of ether oxygens (including phenoxy) is 1. The molecule has 1 atom stereocenters. The normalized spacial score (nSPS) is 15.0. The summed E-state index contributed by atoms with van der Waals surface area (Å²) in [4.78, 5) is 18.4. The number of unbranched alkanes of at least 4 members (excludes halogenated alkanes) is 1. The molecule has 3 aromatic rings. The average molecular weight is 478 g/mol. The molecule has 1 aliphatic heterocycles. The summed E-state index contributed by atoms with van der Waals surface area (Å²) in [7, 11) is 1.64. The van der Waals surface area contributed by atoms with Crippen molar-refractivity contribution in [2.24, 2.45) is 0 Å². The van der Waals surface area contributed by atoms with Crippen LogP contribution in [-0.2, 0) is 4.79 Å². The predicted molar refractivity (Wildman–Crippen MR) is 138 cm³/mol. The highest BCUT2D eigenvalue weighted by atomic mass is 32.2. The van der Waals surface area contributed by atoms with Crippen LogP contribution < -0.4 is 15.4 Å². The first-order valence-corrected chi connectivity index (χ1v) is 12.5. The third-order valence-electron chi connectivity index (χ3n) is 6.09. The molecule has 0 fully saturated rings. The van der Waals surface area contributed by atoms with E-state index in [9.17, 15) is 4.79 Å². The number of anilines is 2. The summed E-state index contributed by atoms with van der Waals surface area (Å²) in [6.07, 6.45) is 2.21. The smallest absolute Gasteiger partial charge is 0.255 e. The van der Waals surface area contributed by atoms with E-state index in [2.05, 4.69) is 17.6 Å². The van der Waals surface area contributed by atoms with Crippen molar-refractivity contribution in [3.8, 4) is 5.75 Å². The van der Waals surface area contributed by atoms with E-state index in [1.165, 1.54) is 0 Å². The highest BCUT2D eigenvalue weighted by Crippen LogP contribution is 2.40. The summed E-state index contributed by atoms with van der Waals surface area (Å²) in [5.74, 6) is 2.08. The number of benzene rings is 2. The Bertz CT molecular complexity index is 1230. The van der Waals surface area contributed by atoms with Crippen LogP contribution in [0.15, 0.2) is 58.9 Å². The number of hydrogen-bond acceptors (Lipinski definition) is 6. The predicted octanol–water partition coefficient (Wildman–Crippen LogP) is 5.72. The Morgan fingerprint density at radius 2 is 1.97 bits per heavy atom. The molecule has 1 amide bonds. The van der Waals surface area contributed by atoms with Gasteiger partial charge >= 0.3 is 0 Å². The number of carbonyl (C=O) groups excluding carboxylic acids is 1. The number of rotatable bonds is 8. The van der Waals surface area contributed by atoms with Crippen LogP contribution in [0.1, 0.15) is 49.4 Å². The van der Waals surface area contributed by atoms with Crippen molar-refractivity contribution in [1.29, 1.82) is 0 Å². The SMILES string of the molecule is CCCCSc1nc2n(n1)C(c1ccccc1OC)C(C(=O)Nc1cccc(C)c1C)=C(C)N2. The van der Waals surface area contributed by atoms with Crippen LogP contribution in [0.25, 0.3) is 0 Å². The van der Waals surface area contributed by atoms with Crippen LogP contribution in [0.3, 0.4) is 0 Å². The van der Waals surface area contributed by atoms with Gasteiger partial charge in [0, 0.05) is 22.7 Å². The summed E-state index contributed by atoms with van der Waals surface area (Å²) in [6.45, 7) is 8.12. The van der Waals surface area contributed by atoms with Gasteiger partial charge in [-0.1, -0.05) is 55.4 Å². The lowest BCUT2D eigenvalue weighted by Crippen LogP contribution is -2.32. The molecule has 2 heterocycles. The van der Waals surface area contributed by atoms with E-state index < -0.39 is 6.04 Å². The fourth-order valence-electron chi connectivity index (χ4n) is 4.05. The number of methoxy groups -OCH3 is 1. The Labute approximate surface area is 205 Å². The first-order valence-electron chi connectivity index (χ1n) is 11.5. The Morgan fingerprint density at radius 1 is 1.18 bits per heavy atom. The van der Waals surface area contributed by atoms with Gasteiger partial charge in [0.25, 0.3) is 5.91 Å². The van der Waals surface area contributed by atoms with Crippen molar-refractivity contribution in [2.75, 3.05) is 23.5 Å². The number of para-hydroxylation sites is 1. The zero-order chi connectivity index (χ0) is 24.2. The van der Waals surface area contributed by atoms with E-state index in [1.807, 2.05) is 63.2 Å². The minimum absolute atomic E-state index is 0.184. The molecule has 0 saturated heterocycles. The Kier molecular flexibility index (Phi) is 7.26. The maximum atomic E-state index is 13.7. The van der Waals surface area contributed by atoms with Gasteiger partial charge in [-0.25, -0.2) is 4.68 Å². The van der Waals surface area contributed by atoms with Crippen LogP contribution in [-0.4, -0.2) is 33.5 Å². The third-order valence-corrected chi connectivity index (χ3v) is 7.02. The molecular formula is C26H31N5O2S. The minimum Gasteiger partial charge on any atom is -0.496 e. The highest BCUT2D eigenvalue weighted by molar-refractivity contribution is 7.99. The van der Waals surface area contributed by atoms with Gasteiger partial charge in [-0.3, -0.25) is 4.79 Å². The number of aryl methyl sites for hydroxylation is 1. The highest BCUT2D eigenvalue weighted by Gasteiger charge is 2.36. The number of nitrogens with zero attached hydrogens (tertiary/aromatic N) is 3. The van der Waals surface area contributed by atoms with Gasteiger partial charge in [-0.2, -0.15) is 4.98 Å². The maximum absolute atomic E-state index is 13.7. The Morgan fingerprint density at radius 3 is 2.74 bits per heavy atom. The van der Waals surface area contributed by atoms with Gasteiger partial charge in [0.1, 0.15) is 11.8 Å². The van der Waals surface area contributed by atoms with Gasteiger partial charge in [-0.05, 0) is 50.5 Å². The molecule has 2 aromatic carbocycles. The van der Waals surface area contributed by atoms with Crippen LogP contribution >= 0.6 is 11.8 Å². The zero-order valence-corrected chi connectivity index (χ0v) is 21.1. The number of aromatic nitrogens is 3. The quantitative estimate of drug-likeness (QED) is 0.319. The van der Waals surface area contributed by atoms with E-state index in [0.717, 1.165) is 46.7 Å². The molecule has 34 heavy (non-hydrogen) atoms. The Hall–Kier alpha value is -3.26. The number of amides is 1. The summed E-state index contributed by atoms with van der Waals surface area (Å²) >= 11 is 1.63. The lowest BCUT2D eigenvalue weighted by molar-refractivity contribution is -0.113. The first-order chi connectivity index (χ1) is 16.4. The molecule has 1 aromatic heterocycles. The van der Waals surface area contributed by atoms with Gasteiger partial charge in [0.15, 0.2) is 0 Å². The lowest BCUT2D eigenvalue weighted by atomic mass is 9.94. The zero-order valence-electron chi connectivity index (χ0n) is 20.3. The van der Waals surface area contributed by atoms with Crippen molar-refractivity contribution < 1.29 is 9.53 Å². The molecule has 1 unspecified atom stereocenters. The maximum Gasteiger partial charge on any atom is 0.255 e. The minimum atomic E-state index is -0.481. The molecule has 1 aliphatic rings. The summed E-state index contributed by atoms with van der Waals surface area (Å²) in [5, 5.41) is 11.9. The number of allylic oxidation sites excluding steroid dienone is 1. The third kappa shape index (κ3) is 4.68. The molecule has 2 N–H and O–H groups in total. The second-order valence-corrected chi connectivity index (χ2v) is 9.44. The largest absolute Gasteiger partial charge is 0.496 e. The summed E-state index contributed by atoms with van der Waals surface area (Å²) in [6, 6.07) is 13.2. The molecule has 0 aliphatic carbocycles. The second-order valence-electron chi connectivity index (χ2n) is 8.37. The molecule has 0 spiro atoms. The number of thioether (sulfide) groups is 1. The van der Waals surface area contributed by atoms with Crippen molar-refractivity contribution in [3.05, 3.63) is 70.4 Å². The molecule has 8 heteroatoms. The van der Waals surface area contributed by atoms with Gasteiger partial charge < -0.3 is 15.4 Å². The van der Waals surface area contributed by atoms with Crippen molar-refractivity contribution >= 4 is 29.3 Å². The fraction of sp³-hybridized carbons (Fsp3) is 0.346. The number of hydrogen-bond donors (Lipinski definition) is 2. The summed E-state index contributed by atoms with van der Waals surface area (Å²) < 4.78 is 7.48. The van der Waals surface area contributed by atoms with Crippen LogP contribution in [0.4, 0.5) is 11.6 Å². The van der Waals surface area contributed by atoms with Crippen LogP contribution in [0, 0.1) is 13.8 Å². The van der Waals surface area contributed by atoms with Gasteiger partial charge in [0.2, 0.25) is 11.1 Å². The van der Waals surface area contributed by atoms with Gasteiger partial charge in [0.05, 0.1) is 12.7 Å². The molecular weight excluding hydrogens is 446 g/mol. The van der Waals surface area contributed by atoms with E-state index in [-0.39, 0.29) is 5.91 Å². The van der Waals surface area contributed by atoms with E-state index >= 15 is 0 Å². The molecule has 7 nitrogen and oxygen atoms in total. The average Bonchev–Trinajstić information content (AvgIpc) is 3.23. The number of carbonyl (C=O) groups is 1. The second kappa shape index (κ2) is 10.3. The molecule has 178 valence electrons. The number of fused-ring (bicyclic) bond motifs is 1. The molecule has 0 radical (unpaired) electrons. The van der Waals surface area contributed by atoms with Crippen molar-refractivity contribution in [3.63, 3.8) is 0 Å². The van der Waals surface area contributed by atoms with Gasteiger partial charge in [-0.15, -0.1) is 5.10 Å². The van der Waals surface area contributed by atoms with Crippen LogP contribution in [0.5, 0.6) is 5.75 Å². The first kappa shape index (κ1) is 23.9. The topological polar surface area (TPSA) is 81.1 Å². The van der Waals surface area contributed by atoms with E-state index in [1.54, 1.807) is 23.6 Å². The molecule has 4 rings (SSSR count). The monoisotopic (exact) mass is 477 g/mol.